The van der Waals surface area contributed by atoms with E-state index in [0.717, 1.165) is 36.8 Å². The zero-order valence-electron chi connectivity index (χ0n) is 12.0. The predicted molar refractivity (Wildman–Crippen MR) is 77.0 cm³/mol. The molecular weight excluding hydrogens is 266 g/mol. The molecule has 0 spiro atoms. The van der Waals surface area contributed by atoms with E-state index in [2.05, 4.69) is 30.4 Å². The lowest BCUT2D eigenvalue weighted by molar-refractivity contribution is 0.173. The molecule has 110 valence electrons. The molecule has 0 amide bonds. The fourth-order valence-electron chi connectivity index (χ4n) is 4.55. The number of tetrazole rings is 1. The van der Waals surface area contributed by atoms with E-state index >= 15 is 0 Å². The van der Waals surface area contributed by atoms with Gasteiger partial charge >= 0.3 is 0 Å². The third kappa shape index (κ3) is 1.76. The summed E-state index contributed by atoms with van der Waals surface area (Å²) in [6.45, 7) is 4.84. The molecule has 0 saturated carbocycles. The molecule has 2 aromatic rings. The van der Waals surface area contributed by atoms with Gasteiger partial charge in [0.1, 0.15) is 0 Å². The van der Waals surface area contributed by atoms with Crippen LogP contribution in [0.15, 0.2) is 12.1 Å². The number of hydrogen-bond acceptors (Lipinski definition) is 6. The highest BCUT2D eigenvalue weighted by Crippen LogP contribution is 2.41. The van der Waals surface area contributed by atoms with E-state index in [1.54, 1.807) is 0 Å². The Morgan fingerprint density at radius 2 is 2.10 bits per heavy atom. The molecule has 7 nitrogen and oxygen atoms in total. The van der Waals surface area contributed by atoms with Crippen molar-refractivity contribution in [2.45, 2.75) is 25.3 Å². The van der Waals surface area contributed by atoms with Gasteiger partial charge in [-0.1, -0.05) is 6.42 Å². The minimum atomic E-state index is 0.705. The average molecular weight is 285 g/mol. The minimum absolute atomic E-state index is 0.705. The predicted octanol–water partition coefficient (Wildman–Crippen LogP) is 0.440. The summed E-state index contributed by atoms with van der Waals surface area (Å²) < 4.78 is 1.52. The van der Waals surface area contributed by atoms with Crippen LogP contribution >= 0.6 is 0 Å². The van der Waals surface area contributed by atoms with Crippen LogP contribution in [-0.2, 0) is 0 Å². The van der Waals surface area contributed by atoms with E-state index in [1.807, 2.05) is 12.1 Å². The molecule has 0 aromatic carbocycles. The number of piperidine rings is 1. The Morgan fingerprint density at radius 1 is 1.10 bits per heavy atom. The topological polar surface area (TPSA) is 62.5 Å². The van der Waals surface area contributed by atoms with Crippen LogP contribution in [0.2, 0.25) is 0 Å². The Morgan fingerprint density at radius 3 is 3.10 bits per heavy atom. The van der Waals surface area contributed by atoms with Crippen LogP contribution in [0.3, 0.4) is 0 Å². The molecule has 0 aliphatic carbocycles. The van der Waals surface area contributed by atoms with Crippen LogP contribution in [0.4, 0.5) is 5.82 Å². The molecule has 0 bridgehead atoms. The number of hydrogen-bond donors (Lipinski definition) is 0. The van der Waals surface area contributed by atoms with Crippen molar-refractivity contribution in [3.05, 3.63) is 12.1 Å². The first kappa shape index (κ1) is 11.9. The molecule has 2 aromatic heterocycles. The molecule has 5 heterocycles. The Labute approximate surface area is 122 Å². The number of nitrogens with zero attached hydrogens (tertiary/aromatic N) is 7. The van der Waals surface area contributed by atoms with Gasteiger partial charge in [0.2, 0.25) is 0 Å². The Hall–Kier alpha value is -1.76. The van der Waals surface area contributed by atoms with Gasteiger partial charge in [-0.25, -0.2) is 0 Å². The van der Waals surface area contributed by atoms with Crippen LogP contribution in [0.5, 0.6) is 0 Å². The molecule has 3 fully saturated rings. The second-order valence-electron chi connectivity index (χ2n) is 6.61. The highest BCUT2D eigenvalue weighted by atomic mass is 15.6. The molecule has 0 N–H and O–H groups in total. The fourth-order valence-corrected chi connectivity index (χ4v) is 4.55. The van der Waals surface area contributed by atoms with E-state index in [9.17, 15) is 0 Å². The van der Waals surface area contributed by atoms with E-state index in [-0.39, 0.29) is 0 Å². The summed E-state index contributed by atoms with van der Waals surface area (Å²) in [5.74, 6) is 2.63. The molecule has 3 saturated heterocycles. The fraction of sp³-hybridized carbons (Fsp3) is 0.714. The highest BCUT2D eigenvalue weighted by Gasteiger charge is 2.47. The van der Waals surface area contributed by atoms with Crippen LogP contribution in [0.25, 0.3) is 5.65 Å². The van der Waals surface area contributed by atoms with E-state index in [0.29, 0.717) is 5.65 Å². The normalized spacial score (nSPS) is 32.6. The monoisotopic (exact) mass is 285 g/mol. The highest BCUT2D eigenvalue weighted by molar-refractivity contribution is 5.45. The van der Waals surface area contributed by atoms with Gasteiger partial charge in [0.15, 0.2) is 11.5 Å². The number of anilines is 1. The lowest BCUT2D eigenvalue weighted by Crippen LogP contribution is -2.40. The smallest absolute Gasteiger partial charge is 0.200 e. The van der Waals surface area contributed by atoms with Crippen molar-refractivity contribution in [1.82, 2.24) is 30.2 Å². The molecule has 3 atom stereocenters. The van der Waals surface area contributed by atoms with Crippen LogP contribution < -0.4 is 4.90 Å². The number of fused-ring (bicyclic) bond motifs is 4. The number of rotatable bonds is 1. The average Bonchev–Trinajstić information content (AvgIpc) is 3.19. The largest absolute Gasteiger partial charge is 0.354 e. The second-order valence-corrected chi connectivity index (χ2v) is 6.61. The second kappa shape index (κ2) is 4.37. The van der Waals surface area contributed by atoms with Crippen molar-refractivity contribution in [2.24, 2.45) is 11.8 Å². The molecule has 0 unspecified atom stereocenters. The lowest BCUT2D eigenvalue weighted by Gasteiger charge is -2.33. The minimum Gasteiger partial charge on any atom is -0.354 e. The van der Waals surface area contributed by atoms with Gasteiger partial charge in [-0.3, -0.25) is 4.90 Å². The van der Waals surface area contributed by atoms with Crippen molar-refractivity contribution < 1.29 is 0 Å². The van der Waals surface area contributed by atoms with Gasteiger partial charge in [0.25, 0.3) is 0 Å². The maximum Gasteiger partial charge on any atom is 0.200 e. The van der Waals surface area contributed by atoms with E-state index < -0.39 is 0 Å². The van der Waals surface area contributed by atoms with Crippen LogP contribution in [0, 0.1) is 11.8 Å². The molecule has 7 heteroatoms. The Balaban J connectivity index is 1.40. The molecule has 5 rings (SSSR count). The summed E-state index contributed by atoms with van der Waals surface area (Å²) >= 11 is 0. The summed E-state index contributed by atoms with van der Waals surface area (Å²) in [5.41, 5.74) is 0.705. The number of aromatic nitrogens is 5. The first-order valence-electron chi connectivity index (χ1n) is 7.93. The quantitative estimate of drug-likeness (QED) is 0.757. The first-order valence-corrected chi connectivity index (χ1v) is 7.93. The Bertz CT molecular complexity index is 668. The maximum atomic E-state index is 4.54. The zero-order valence-corrected chi connectivity index (χ0v) is 12.0. The van der Waals surface area contributed by atoms with E-state index in [4.69, 9.17) is 0 Å². The summed E-state index contributed by atoms with van der Waals surface area (Å²) in [4.78, 5) is 5.15. The van der Waals surface area contributed by atoms with E-state index in [1.165, 1.54) is 37.0 Å². The molecule has 3 aliphatic rings. The summed E-state index contributed by atoms with van der Waals surface area (Å²) in [6.07, 6.45) is 4.17. The summed E-state index contributed by atoms with van der Waals surface area (Å²) in [6, 6.07) is 4.81. The van der Waals surface area contributed by atoms with Gasteiger partial charge in [-0.05, 0) is 53.8 Å². The van der Waals surface area contributed by atoms with Crippen molar-refractivity contribution in [3.63, 3.8) is 0 Å². The Kier molecular flexibility index (Phi) is 2.46. The third-order valence-corrected chi connectivity index (χ3v) is 5.50. The SMILES string of the molecule is c1cc2nnnn2nc1N1C[C@@H]2CN3CCCC[C@@H]3[C@H]2C1. The van der Waals surface area contributed by atoms with Crippen LogP contribution in [0.1, 0.15) is 19.3 Å². The van der Waals surface area contributed by atoms with Gasteiger partial charge in [0.05, 0.1) is 0 Å². The third-order valence-electron chi connectivity index (χ3n) is 5.50. The summed E-state index contributed by atoms with van der Waals surface area (Å²) in [7, 11) is 0. The molecule has 0 radical (unpaired) electrons. The summed E-state index contributed by atoms with van der Waals surface area (Å²) in [5, 5.41) is 16.0. The molecule has 21 heavy (non-hydrogen) atoms. The maximum absolute atomic E-state index is 4.54. The van der Waals surface area contributed by atoms with Gasteiger partial charge in [-0.2, -0.15) is 0 Å². The van der Waals surface area contributed by atoms with Crippen molar-refractivity contribution in [1.29, 1.82) is 0 Å². The van der Waals surface area contributed by atoms with Gasteiger partial charge in [0, 0.05) is 25.7 Å². The van der Waals surface area contributed by atoms with Gasteiger partial charge < -0.3 is 4.90 Å². The van der Waals surface area contributed by atoms with Crippen LogP contribution in [-0.4, -0.2) is 62.4 Å². The lowest BCUT2D eigenvalue weighted by atomic mass is 9.90. The zero-order chi connectivity index (χ0) is 13.8. The first-order chi connectivity index (χ1) is 10.4. The van der Waals surface area contributed by atoms with Crippen molar-refractivity contribution in [3.8, 4) is 0 Å². The van der Waals surface area contributed by atoms with Crippen molar-refractivity contribution >= 4 is 11.5 Å². The standard InChI is InChI=1S/C14H19N7/c1-2-6-19-7-10-8-20(9-11(10)12(19)3-1)14-5-4-13-15-17-18-21(13)16-14/h4-5,10-12H,1-3,6-9H2/t10-,11-,12+/m0/s1. The molecule has 3 aliphatic heterocycles. The van der Waals surface area contributed by atoms with Crippen molar-refractivity contribution in [2.75, 3.05) is 31.1 Å². The molecular formula is C14H19N7. The van der Waals surface area contributed by atoms with Gasteiger partial charge in [-0.15, -0.1) is 14.8 Å².